The maximum atomic E-state index is 12.1. The Labute approximate surface area is 103 Å². The normalized spacial score (nSPS) is 20.6. The smallest absolute Gasteiger partial charge is 0.326 e. The third-order valence-electron chi connectivity index (χ3n) is 3.69. The van der Waals surface area contributed by atoms with Gasteiger partial charge in [-0.25, -0.2) is 4.79 Å². The lowest BCUT2D eigenvalue weighted by Gasteiger charge is -2.33. The lowest BCUT2D eigenvalue weighted by atomic mass is 9.75. The summed E-state index contributed by atoms with van der Waals surface area (Å²) in [6.07, 6.45) is 6.31. The summed E-state index contributed by atoms with van der Waals surface area (Å²) in [7, 11) is 0. The van der Waals surface area contributed by atoms with Crippen LogP contribution in [0.2, 0.25) is 0 Å². The van der Waals surface area contributed by atoms with Crippen LogP contribution in [0.4, 0.5) is 0 Å². The van der Waals surface area contributed by atoms with Gasteiger partial charge in [-0.15, -0.1) is 0 Å². The SMILES string of the molecule is CCC[C@H](NC(=O)C1(C)CCCCC1)C(=O)O. The molecule has 1 atom stereocenters. The molecule has 0 aromatic heterocycles. The molecule has 4 nitrogen and oxygen atoms in total. The Bertz CT molecular complexity index is 282. The number of rotatable bonds is 5. The number of carboxylic acids is 1. The highest BCUT2D eigenvalue weighted by molar-refractivity contribution is 5.87. The highest BCUT2D eigenvalue weighted by atomic mass is 16.4. The molecule has 0 aromatic carbocycles. The number of hydrogen-bond donors (Lipinski definition) is 2. The summed E-state index contributed by atoms with van der Waals surface area (Å²) < 4.78 is 0. The number of aliphatic carboxylic acids is 1. The van der Waals surface area contributed by atoms with Crippen LogP contribution in [0.3, 0.4) is 0 Å². The van der Waals surface area contributed by atoms with Crippen LogP contribution in [-0.4, -0.2) is 23.0 Å². The molecule has 0 aliphatic heterocycles. The lowest BCUT2D eigenvalue weighted by Crippen LogP contribution is -2.48. The van der Waals surface area contributed by atoms with Crippen LogP contribution in [0.25, 0.3) is 0 Å². The summed E-state index contributed by atoms with van der Waals surface area (Å²) in [5.74, 6) is -1.02. The molecule has 0 saturated heterocycles. The van der Waals surface area contributed by atoms with E-state index in [1.165, 1.54) is 6.42 Å². The second-order valence-electron chi connectivity index (χ2n) is 5.27. The Morgan fingerprint density at radius 2 is 1.88 bits per heavy atom. The third kappa shape index (κ3) is 3.72. The van der Waals surface area contributed by atoms with E-state index in [1.54, 1.807) is 0 Å². The van der Waals surface area contributed by atoms with E-state index in [4.69, 9.17) is 5.11 Å². The fourth-order valence-electron chi connectivity index (χ4n) is 2.44. The summed E-state index contributed by atoms with van der Waals surface area (Å²) in [5, 5.41) is 11.7. The van der Waals surface area contributed by atoms with Gasteiger partial charge in [-0.2, -0.15) is 0 Å². The molecule has 1 rings (SSSR count). The van der Waals surface area contributed by atoms with Gasteiger partial charge in [-0.1, -0.05) is 39.5 Å². The third-order valence-corrected chi connectivity index (χ3v) is 3.69. The molecular formula is C13H23NO3. The van der Waals surface area contributed by atoms with Crippen LogP contribution in [0, 0.1) is 5.41 Å². The summed E-state index contributed by atoms with van der Waals surface area (Å²) in [6, 6.07) is -0.730. The number of carbonyl (C=O) groups is 2. The minimum Gasteiger partial charge on any atom is -0.480 e. The topological polar surface area (TPSA) is 66.4 Å². The highest BCUT2D eigenvalue weighted by Gasteiger charge is 2.36. The molecular weight excluding hydrogens is 218 g/mol. The van der Waals surface area contributed by atoms with E-state index in [-0.39, 0.29) is 11.3 Å². The number of carboxylic acid groups (broad SMARTS) is 1. The summed E-state index contributed by atoms with van der Waals surface area (Å²) in [6.45, 7) is 3.87. The monoisotopic (exact) mass is 241 g/mol. The average Bonchev–Trinajstić information content (AvgIpc) is 2.29. The fourth-order valence-corrected chi connectivity index (χ4v) is 2.44. The van der Waals surface area contributed by atoms with E-state index in [0.717, 1.165) is 32.1 Å². The second-order valence-corrected chi connectivity index (χ2v) is 5.27. The van der Waals surface area contributed by atoms with Crippen LogP contribution >= 0.6 is 0 Å². The Morgan fingerprint density at radius 1 is 1.29 bits per heavy atom. The standard InChI is InChI=1S/C13H23NO3/c1-3-7-10(11(15)16)14-12(17)13(2)8-5-4-6-9-13/h10H,3-9H2,1-2H3,(H,14,17)(H,15,16)/t10-/m0/s1. The molecule has 1 amide bonds. The Balaban J connectivity index is 2.59. The van der Waals surface area contributed by atoms with Crippen LogP contribution in [0.5, 0.6) is 0 Å². The van der Waals surface area contributed by atoms with Crippen molar-refractivity contribution in [2.75, 3.05) is 0 Å². The average molecular weight is 241 g/mol. The molecule has 1 fully saturated rings. The van der Waals surface area contributed by atoms with Crippen LogP contribution in [0.15, 0.2) is 0 Å². The van der Waals surface area contributed by atoms with Gasteiger partial charge in [-0.3, -0.25) is 4.79 Å². The van der Waals surface area contributed by atoms with Crippen molar-refractivity contribution in [3.8, 4) is 0 Å². The molecule has 1 saturated carbocycles. The van der Waals surface area contributed by atoms with E-state index in [1.807, 2.05) is 13.8 Å². The molecule has 0 heterocycles. The van der Waals surface area contributed by atoms with Crippen molar-refractivity contribution in [3.05, 3.63) is 0 Å². The second kappa shape index (κ2) is 6.03. The van der Waals surface area contributed by atoms with Crippen molar-refractivity contribution in [2.45, 2.75) is 64.8 Å². The minimum absolute atomic E-state index is 0.0851. The fraction of sp³-hybridized carbons (Fsp3) is 0.846. The van der Waals surface area contributed by atoms with E-state index in [0.29, 0.717) is 6.42 Å². The van der Waals surface area contributed by atoms with Crippen molar-refractivity contribution < 1.29 is 14.7 Å². The molecule has 4 heteroatoms. The number of hydrogen-bond acceptors (Lipinski definition) is 2. The van der Waals surface area contributed by atoms with Crippen LogP contribution in [-0.2, 0) is 9.59 Å². The maximum Gasteiger partial charge on any atom is 0.326 e. The van der Waals surface area contributed by atoms with Gasteiger partial charge in [0, 0.05) is 5.41 Å². The van der Waals surface area contributed by atoms with Gasteiger partial charge in [0.25, 0.3) is 0 Å². The van der Waals surface area contributed by atoms with Gasteiger partial charge in [0.15, 0.2) is 0 Å². The molecule has 0 spiro atoms. The molecule has 0 bridgehead atoms. The molecule has 1 aliphatic carbocycles. The molecule has 1 aliphatic rings. The molecule has 17 heavy (non-hydrogen) atoms. The van der Waals surface area contributed by atoms with Crippen molar-refractivity contribution >= 4 is 11.9 Å². The summed E-state index contributed by atoms with van der Waals surface area (Å²) >= 11 is 0. The quantitative estimate of drug-likeness (QED) is 0.776. The largest absolute Gasteiger partial charge is 0.480 e. The highest BCUT2D eigenvalue weighted by Crippen LogP contribution is 2.35. The van der Waals surface area contributed by atoms with Crippen molar-refractivity contribution in [3.63, 3.8) is 0 Å². The van der Waals surface area contributed by atoms with Crippen LogP contribution < -0.4 is 5.32 Å². The Hall–Kier alpha value is -1.06. The number of nitrogens with one attached hydrogen (secondary N) is 1. The summed E-state index contributed by atoms with van der Waals surface area (Å²) in [4.78, 5) is 23.1. The first kappa shape index (κ1) is 14.0. The zero-order valence-electron chi connectivity index (χ0n) is 10.8. The molecule has 2 N–H and O–H groups in total. The first-order valence-corrected chi connectivity index (χ1v) is 6.53. The van der Waals surface area contributed by atoms with E-state index < -0.39 is 12.0 Å². The molecule has 0 unspecified atom stereocenters. The molecule has 0 aromatic rings. The van der Waals surface area contributed by atoms with Gasteiger partial charge in [0.05, 0.1) is 0 Å². The maximum absolute atomic E-state index is 12.1. The minimum atomic E-state index is -0.931. The van der Waals surface area contributed by atoms with E-state index in [2.05, 4.69) is 5.32 Å². The first-order valence-electron chi connectivity index (χ1n) is 6.53. The van der Waals surface area contributed by atoms with Gasteiger partial charge in [-0.05, 0) is 19.3 Å². The summed E-state index contributed by atoms with van der Waals surface area (Å²) in [5.41, 5.74) is -0.361. The van der Waals surface area contributed by atoms with Crippen molar-refractivity contribution in [1.82, 2.24) is 5.32 Å². The van der Waals surface area contributed by atoms with Crippen LogP contribution in [0.1, 0.15) is 58.8 Å². The Kier molecular flexibility index (Phi) is 4.97. The van der Waals surface area contributed by atoms with Crippen molar-refractivity contribution in [1.29, 1.82) is 0 Å². The zero-order valence-corrected chi connectivity index (χ0v) is 10.8. The lowest BCUT2D eigenvalue weighted by molar-refractivity contribution is -0.144. The van der Waals surface area contributed by atoms with Gasteiger partial charge < -0.3 is 10.4 Å². The molecule has 0 radical (unpaired) electrons. The first-order chi connectivity index (χ1) is 7.99. The number of amides is 1. The van der Waals surface area contributed by atoms with Gasteiger partial charge in [0.1, 0.15) is 6.04 Å². The number of carbonyl (C=O) groups excluding carboxylic acids is 1. The van der Waals surface area contributed by atoms with Gasteiger partial charge >= 0.3 is 5.97 Å². The predicted octanol–water partition coefficient (Wildman–Crippen LogP) is 2.33. The van der Waals surface area contributed by atoms with E-state index >= 15 is 0 Å². The molecule has 98 valence electrons. The van der Waals surface area contributed by atoms with E-state index in [9.17, 15) is 9.59 Å². The predicted molar refractivity (Wildman–Crippen MR) is 65.7 cm³/mol. The zero-order chi connectivity index (χ0) is 12.9. The Morgan fingerprint density at radius 3 is 2.35 bits per heavy atom. The van der Waals surface area contributed by atoms with Gasteiger partial charge in [0.2, 0.25) is 5.91 Å². The van der Waals surface area contributed by atoms with Crippen molar-refractivity contribution in [2.24, 2.45) is 5.41 Å².